The number of benzene rings is 2. The number of hydrogen-bond donors (Lipinski definition) is 1. The summed E-state index contributed by atoms with van der Waals surface area (Å²) in [7, 11) is 0. The molecule has 1 N–H and O–H groups in total. The van der Waals surface area contributed by atoms with E-state index < -0.39 is 6.04 Å². The smallest absolute Gasteiger partial charge is 0.242 e. The number of rotatable bonds is 10. The maximum Gasteiger partial charge on any atom is 0.242 e. The van der Waals surface area contributed by atoms with E-state index in [0.717, 1.165) is 12.0 Å². The number of halogens is 1. The van der Waals surface area contributed by atoms with Crippen molar-refractivity contribution in [1.29, 1.82) is 0 Å². The van der Waals surface area contributed by atoms with Gasteiger partial charge in [-0.05, 0) is 31.9 Å². The number of carbonyl (C=O) groups excluding carboxylic acids is 2. The molecule has 0 radical (unpaired) electrons. The van der Waals surface area contributed by atoms with E-state index in [9.17, 15) is 14.0 Å². The molecule has 2 rings (SSSR count). The molecule has 0 saturated carbocycles. The molecule has 2 atom stereocenters. The minimum atomic E-state index is -0.687. The van der Waals surface area contributed by atoms with Crippen LogP contribution in [0.25, 0.3) is 0 Å². The number of amides is 2. The van der Waals surface area contributed by atoms with Gasteiger partial charge in [-0.1, -0.05) is 55.5 Å². The molecule has 2 aromatic rings. The lowest BCUT2D eigenvalue weighted by Crippen LogP contribution is -2.50. The molecule has 4 nitrogen and oxygen atoms in total. The molecule has 6 heteroatoms. The van der Waals surface area contributed by atoms with Crippen LogP contribution in [0.4, 0.5) is 4.39 Å². The van der Waals surface area contributed by atoms with E-state index in [0.29, 0.717) is 11.3 Å². The highest BCUT2D eigenvalue weighted by Gasteiger charge is 2.27. The molecule has 156 valence electrons. The second kappa shape index (κ2) is 11.6. The van der Waals surface area contributed by atoms with E-state index in [1.54, 1.807) is 25.1 Å². The van der Waals surface area contributed by atoms with Gasteiger partial charge in [0.15, 0.2) is 0 Å². The van der Waals surface area contributed by atoms with Crippen molar-refractivity contribution in [3.63, 3.8) is 0 Å². The molecule has 0 aliphatic carbocycles. The van der Waals surface area contributed by atoms with Crippen LogP contribution in [-0.2, 0) is 21.9 Å². The lowest BCUT2D eigenvalue weighted by molar-refractivity contribution is -0.139. The first kappa shape index (κ1) is 22.9. The topological polar surface area (TPSA) is 49.4 Å². The molecule has 0 heterocycles. The molecule has 2 amide bonds. The zero-order valence-corrected chi connectivity index (χ0v) is 18.0. The van der Waals surface area contributed by atoms with Crippen LogP contribution in [0.3, 0.4) is 0 Å². The van der Waals surface area contributed by atoms with Crippen LogP contribution in [0, 0.1) is 5.82 Å². The van der Waals surface area contributed by atoms with E-state index in [1.807, 2.05) is 44.2 Å². The molecule has 0 aromatic heterocycles. The van der Waals surface area contributed by atoms with E-state index in [2.05, 4.69) is 5.32 Å². The summed E-state index contributed by atoms with van der Waals surface area (Å²) in [6.45, 7) is 5.66. The van der Waals surface area contributed by atoms with Gasteiger partial charge in [0.1, 0.15) is 11.9 Å². The summed E-state index contributed by atoms with van der Waals surface area (Å²) >= 11 is 1.49. The van der Waals surface area contributed by atoms with Crippen molar-refractivity contribution in [2.45, 2.75) is 51.6 Å². The Kier molecular flexibility index (Phi) is 9.19. The number of hydrogen-bond acceptors (Lipinski definition) is 3. The molecule has 0 aliphatic heterocycles. The predicted octanol–water partition coefficient (Wildman–Crippen LogP) is 4.39. The summed E-state index contributed by atoms with van der Waals surface area (Å²) in [4.78, 5) is 27.0. The monoisotopic (exact) mass is 416 g/mol. The predicted molar refractivity (Wildman–Crippen MR) is 117 cm³/mol. The largest absolute Gasteiger partial charge is 0.352 e. The second-order valence-electron chi connectivity index (χ2n) is 7.09. The van der Waals surface area contributed by atoms with E-state index >= 15 is 0 Å². The summed E-state index contributed by atoms with van der Waals surface area (Å²) in [5.41, 5.74) is 1.53. The fourth-order valence-corrected chi connectivity index (χ4v) is 3.64. The molecular weight excluding hydrogens is 387 g/mol. The first-order valence-electron chi connectivity index (χ1n) is 9.87. The second-order valence-corrected chi connectivity index (χ2v) is 8.07. The van der Waals surface area contributed by atoms with Gasteiger partial charge in [-0.2, -0.15) is 0 Å². The minimum absolute atomic E-state index is 0.0165. The van der Waals surface area contributed by atoms with E-state index in [4.69, 9.17) is 0 Å². The quantitative estimate of drug-likeness (QED) is 0.625. The van der Waals surface area contributed by atoms with Crippen molar-refractivity contribution in [1.82, 2.24) is 10.2 Å². The van der Waals surface area contributed by atoms with Crippen LogP contribution in [0.15, 0.2) is 54.6 Å². The van der Waals surface area contributed by atoms with Crippen molar-refractivity contribution < 1.29 is 14.0 Å². The molecule has 0 spiro atoms. The summed E-state index contributed by atoms with van der Waals surface area (Å²) in [6, 6.07) is 15.6. The van der Waals surface area contributed by atoms with Crippen LogP contribution >= 0.6 is 11.8 Å². The van der Waals surface area contributed by atoms with E-state index in [1.165, 1.54) is 22.7 Å². The average Bonchev–Trinajstić information content (AvgIpc) is 2.73. The average molecular weight is 417 g/mol. The fourth-order valence-electron chi connectivity index (χ4n) is 2.77. The molecule has 0 aliphatic rings. The normalized spacial score (nSPS) is 12.8. The molecule has 0 fully saturated rings. The number of nitrogens with one attached hydrogen (secondary N) is 1. The summed E-state index contributed by atoms with van der Waals surface area (Å²) < 4.78 is 14.2. The third-order valence-corrected chi connectivity index (χ3v) is 5.79. The van der Waals surface area contributed by atoms with Gasteiger partial charge < -0.3 is 10.2 Å². The highest BCUT2D eigenvalue weighted by molar-refractivity contribution is 7.99. The Bertz CT molecular complexity index is 800. The first-order chi connectivity index (χ1) is 13.9. The third kappa shape index (κ3) is 7.20. The molecule has 0 bridgehead atoms. The molecule has 2 unspecified atom stereocenters. The lowest BCUT2D eigenvalue weighted by atomic mass is 10.1. The van der Waals surface area contributed by atoms with Gasteiger partial charge in [0, 0.05) is 23.9 Å². The lowest BCUT2D eigenvalue weighted by Gasteiger charge is -2.29. The Hall–Kier alpha value is -2.34. The zero-order chi connectivity index (χ0) is 21.2. The van der Waals surface area contributed by atoms with Crippen LogP contribution in [0.5, 0.6) is 0 Å². The third-order valence-electron chi connectivity index (χ3n) is 4.80. The Morgan fingerprint density at radius 1 is 1.07 bits per heavy atom. The molecule has 29 heavy (non-hydrogen) atoms. The Balaban J connectivity index is 2.08. The zero-order valence-electron chi connectivity index (χ0n) is 17.2. The number of thioether (sulfide) groups is 1. The Labute approximate surface area is 176 Å². The van der Waals surface area contributed by atoms with Gasteiger partial charge in [0.25, 0.3) is 0 Å². The maximum atomic E-state index is 14.2. The van der Waals surface area contributed by atoms with Gasteiger partial charge >= 0.3 is 0 Å². The van der Waals surface area contributed by atoms with Crippen molar-refractivity contribution in [3.8, 4) is 0 Å². The number of carbonyl (C=O) groups is 2. The maximum absolute atomic E-state index is 14.2. The summed E-state index contributed by atoms with van der Waals surface area (Å²) in [5, 5.41) is 2.91. The highest BCUT2D eigenvalue weighted by atomic mass is 32.2. The van der Waals surface area contributed by atoms with Gasteiger partial charge in [-0.15, -0.1) is 11.8 Å². The van der Waals surface area contributed by atoms with Gasteiger partial charge in [0.2, 0.25) is 11.8 Å². The fraction of sp³-hybridized carbons (Fsp3) is 0.391. The van der Waals surface area contributed by atoms with Gasteiger partial charge in [-0.3, -0.25) is 9.59 Å². The SMILES string of the molecule is CCC(C)NC(=O)C(C)N(Cc1ccccc1F)C(=O)CSCc1ccccc1. The van der Waals surface area contributed by atoms with Crippen molar-refractivity contribution in [3.05, 3.63) is 71.5 Å². The van der Waals surface area contributed by atoms with Crippen LogP contribution in [0.1, 0.15) is 38.3 Å². The Morgan fingerprint density at radius 2 is 1.72 bits per heavy atom. The van der Waals surface area contributed by atoms with E-state index in [-0.39, 0.29) is 36.0 Å². The number of nitrogens with zero attached hydrogens (tertiary/aromatic N) is 1. The van der Waals surface area contributed by atoms with Crippen molar-refractivity contribution in [2.24, 2.45) is 0 Å². The van der Waals surface area contributed by atoms with Gasteiger partial charge in [0.05, 0.1) is 5.75 Å². The standard InChI is InChI=1S/C23H29FN2O2S/c1-4-17(2)25-23(28)18(3)26(14-20-12-8-9-13-21(20)24)22(27)16-29-15-19-10-6-5-7-11-19/h5-13,17-18H,4,14-16H2,1-3H3,(H,25,28). The first-order valence-corrected chi connectivity index (χ1v) is 11.0. The van der Waals surface area contributed by atoms with Crippen molar-refractivity contribution >= 4 is 23.6 Å². The molecule has 0 saturated heterocycles. The minimum Gasteiger partial charge on any atom is -0.352 e. The summed E-state index contributed by atoms with van der Waals surface area (Å²) in [6.07, 6.45) is 0.798. The summed E-state index contributed by atoms with van der Waals surface area (Å²) in [5.74, 6) is 0.146. The van der Waals surface area contributed by atoms with Crippen LogP contribution in [-0.4, -0.2) is 34.6 Å². The van der Waals surface area contributed by atoms with Gasteiger partial charge in [-0.25, -0.2) is 4.39 Å². The highest BCUT2D eigenvalue weighted by Crippen LogP contribution is 2.17. The Morgan fingerprint density at radius 3 is 2.38 bits per heavy atom. The van der Waals surface area contributed by atoms with Crippen molar-refractivity contribution in [2.75, 3.05) is 5.75 Å². The molecular formula is C23H29FN2O2S. The van der Waals surface area contributed by atoms with Crippen LogP contribution < -0.4 is 5.32 Å². The van der Waals surface area contributed by atoms with Crippen LogP contribution in [0.2, 0.25) is 0 Å². The molecule has 2 aromatic carbocycles.